The molecule has 1 atom stereocenters. The van der Waals surface area contributed by atoms with Crippen molar-refractivity contribution in [2.45, 2.75) is 32.4 Å². The number of imidazole rings is 1. The van der Waals surface area contributed by atoms with Crippen LogP contribution in [0, 0.1) is 5.92 Å². The van der Waals surface area contributed by atoms with Gasteiger partial charge in [-0.2, -0.15) is 11.8 Å². The molecule has 1 fully saturated rings. The monoisotopic (exact) mass is 487 g/mol. The van der Waals surface area contributed by atoms with Crippen LogP contribution in [0.15, 0.2) is 29.3 Å². The number of aromatic amines is 1. The van der Waals surface area contributed by atoms with Crippen LogP contribution in [-0.2, 0) is 6.42 Å². The van der Waals surface area contributed by atoms with Gasteiger partial charge in [-0.1, -0.05) is 26.0 Å². The number of halogens is 1. The quantitative estimate of drug-likeness (QED) is 0.383. The molecule has 0 aliphatic carbocycles. The number of nitrogens with one attached hydrogen (secondary N) is 2. The Morgan fingerprint density at radius 1 is 1.42 bits per heavy atom. The first-order chi connectivity index (χ1) is 12.2. The van der Waals surface area contributed by atoms with Gasteiger partial charge in [-0.3, -0.25) is 4.99 Å². The second-order valence-corrected chi connectivity index (χ2v) is 8.13. The zero-order chi connectivity index (χ0) is 17.6. The molecule has 5 nitrogen and oxygen atoms in total. The van der Waals surface area contributed by atoms with Crippen molar-refractivity contribution in [2.24, 2.45) is 10.9 Å². The van der Waals surface area contributed by atoms with Gasteiger partial charge in [0.15, 0.2) is 5.96 Å². The van der Waals surface area contributed by atoms with Crippen LogP contribution in [0.1, 0.15) is 26.6 Å². The number of fused-ring (bicyclic) bond motifs is 1. The molecule has 1 aromatic heterocycles. The van der Waals surface area contributed by atoms with E-state index in [1.807, 2.05) is 18.2 Å². The van der Waals surface area contributed by atoms with E-state index in [4.69, 9.17) is 4.99 Å². The maximum absolute atomic E-state index is 4.86. The van der Waals surface area contributed by atoms with Crippen LogP contribution in [-0.4, -0.2) is 58.0 Å². The average Bonchev–Trinajstić information content (AvgIpc) is 3.04. The Morgan fingerprint density at radius 2 is 2.23 bits per heavy atom. The van der Waals surface area contributed by atoms with Crippen molar-refractivity contribution in [3.63, 3.8) is 0 Å². The summed E-state index contributed by atoms with van der Waals surface area (Å²) in [5.74, 6) is 3.93. The lowest BCUT2D eigenvalue weighted by molar-refractivity contribution is 0.381. The van der Waals surface area contributed by atoms with E-state index in [1.54, 1.807) is 0 Å². The first-order valence-electron chi connectivity index (χ1n) is 9.26. The highest BCUT2D eigenvalue weighted by atomic mass is 127. The van der Waals surface area contributed by atoms with Gasteiger partial charge in [0.05, 0.1) is 11.0 Å². The van der Waals surface area contributed by atoms with Gasteiger partial charge in [0, 0.05) is 43.6 Å². The summed E-state index contributed by atoms with van der Waals surface area (Å²) in [4.78, 5) is 15.3. The number of rotatable bonds is 5. The van der Waals surface area contributed by atoms with Gasteiger partial charge < -0.3 is 15.2 Å². The molecule has 0 radical (unpaired) electrons. The van der Waals surface area contributed by atoms with Crippen LogP contribution < -0.4 is 5.32 Å². The van der Waals surface area contributed by atoms with Gasteiger partial charge in [0.2, 0.25) is 0 Å². The fourth-order valence-electron chi connectivity index (χ4n) is 3.09. The molecule has 2 N–H and O–H groups in total. The number of benzene rings is 1. The maximum atomic E-state index is 4.86. The third-order valence-electron chi connectivity index (χ3n) is 4.52. The number of guanidine groups is 1. The molecule has 1 saturated heterocycles. The summed E-state index contributed by atoms with van der Waals surface area (Å²) in [7, 11) is 0. The van der Waals surface area contributed by atoms with Gasteiger partial charge in [0.1, 0.15) is 5.82 Å². The van der Waals surface area contributed by atoms with E-state index < -0.39 is 0 Å². The maximum Gasteiger partial charge on any atom is 0.193 e. The van der Waals surface area contributed by atoms with Crippen molar-refractivity contribution in [2.75, 3.05) is 31.9 Å². The van der Waals surface area contributed by atoms with Gasteiger partial charge >= 0.3 is 0 Å². The van der Waals surface area contributed by atoms with Crippen LogP contribution in [0.25, 0.3) is 11.0 Å². The lowest BCUT2D eigenvalue weighted by Crippen LogP contribution is -2.49. The first-order valence-corrected chi connectivity index (χ1v) is 10.3. The Balaban J connectivity index is 0.00000243. The van der Waals surface area contributed by atoms with Crippen molar-refractivity contribution in [1.82, 2.24) is 20.2 Å². The molecule has 3 rings (SSSR count). The van der Waals surface area contributed by atoms with Crippen molar-refractivity contribution in [3.8, 4) is 0 Å². The highest BCUT2D eigenvalue weighted by Crippen LogP contribution is 2.24. The Hall–Kier alpha value is -0.960. The summed E-state index contributed by atoms with van der Waals surface area (Å²) >= 11 is 2.09. The molecule has 2 aromatic rings. The molecular weight excluding hydrogens is 457 g/mol. The number of hydrogen-bond acceptors (Lipinski definition) is 3. The fraction of sp³-hybridized carbons (Fsp3) is 0.579. The van der Waals surface area contributed by atoms with E-state index in [9.17, 15) is 0 Å². The summed E-state index contributed by atoms with van der Waals surface area (Å²) in [5, 5.41) is 4.15. The zero-order valence-electron chi connectivity index (χ0n) is 15.9. The Morgan fingerprint density at radius 3 is 2.96 bits per heavy atom. The molecule has 1 aliphatic heterocycles. The van der Waals surface area contributed by atoms with Crippen LogP contribution in [0.5, 0.6) is 0 Å². The molecule has 0 amide bonds. The van der Waals surface area contributed by atoms with Crippen LogP contribution >= 0.6 is 35.7 Å². The second-order valence-electron chi connectivity index (χ2n) is 6.79. The lowest BCUT2D eigenvalue weighted by Gasteiger charge is -2.36. The van der Waals surface area contributed by atoms with E-state index in [1.165, 1.54) is 5.75 Å². The van der Waals surface area contributed by atoms with Crippen LogP contribution in [0.3, 0.4) is 0 Å². The third-order valence-corrected chi connectivity index (χ3v) is 6.06. The molecule has 1 unspecified atom stereocenters. The number of aromatic nitrogens is 2. The largest absolute Gasteiger partial charge is 0.357 e. The Bertz CT molecular complexity index is 682. The summed E-state index contributed by atoms with van der Waals surface area (Å²) in [5.41, 5.74) is 2.13. The minimum Gasteiger partial charge on any atom is -0.357 e. The molecule has 1 aromatic carbocycles. The average molecular weight is 487 g/mol. The standard InChI is InChI=1S/C19H29N5S.HI/c1-4-20-19(24-11-12-25-17(13-24)14(2)3)21-10-9-18-22-15-7-5-6-8-16(15)23-18;/h5-8,14,17H,4,9-13H2,1-3H3,(H,20,21)(H,22,23);1H. The van der Waals surface area contributed by atoms with Crippen molar-refractivity contribution in [1.29, 1.82) is 0 Å². The van der Waals surface area contributed by atoms with E-state index >= 15 is 0 Å². The van der Waals surface area contributed by atoms with Crippen LogP contribution in [0.2, 0.25) is 0 Å². The Kier molecular flexibility index (Phi) is 8.53. The van der Waals surface area contributed by atoms with Gasteiger partial charge in [-0.05, 0) is 25.0 Å². The van der Waals surface area contributed by atoms with Crippen molar-refractivity contribution in [3.05, 3.63) is 30.1 Å². The molecule has 7 heteroatoms. The van der Waals surface area contributed by atoms with Gasteiger partial charge in [-0.25, -0.2) is 4.98 Å². The molecule has 144 valence electrons. The topological polar surface area (TPSA) is 56.3 Å². The first kappa shape index (κ1) is 21.3. The van der Waals surface area contributed by atoms with Crippen molar-refractivity contribution < 1.29 is 0 Å². The summed E-state index contributed by atoms with van der Waals surface area (Å²) < 4.78 is 0. The number of aliphatic imine (C=N–C) groups is 1. The molecule has 2 heterocycles. The number of hydrogen-bond donors (Lipinski definition) is 2. The number of H-pyrrole nitrogens is 1. The summed E-state index contributed by atoms with van der Waals surface area (Å²) in [6.45, 7) is 10.6. The van der Waals surface area contributed by atoms with Crippen molar-refractivity contribution >= 4 is 52.7 Å². The minimum absolute atomic E-state index is 0. The predicted octanol–water partition coefficient (Wildman–Crippen LogP) is 3.76. The highest BCUT2D eigenvalue weighted by molar-refractivity contribution is 14.0. The molecule has 0 bridgehead atoms. The van der Waals surface area contributed by atoms with E-state index in [2.05, 4.69) is 58.8 Å². The number of nitrogens with zero attached hydrogens (tertiary/aromatic N) is 3. The minimum atomic E-state index is 0. The van der Waals surface area contributed by atoms with E-state index in [0.717, 1.165) is 55.4 Å². The summed E-state index contributed by atoms with van der Waals surface area (Å²) in [6, 6.07) is 8.16. The van der Waals surface area contributed by atoms with Gasteiger partial charge in [-0.15, -0.1) is 24.0 Å². The normalized spacial score (nSPS) is 18.2. The van der Waals surface area contributed by atoms with E-state index in [-0.39, 0.29) is 24.0 Å². The SMILES string of the molecule is CCNC(=NCCc1nc2ccccc2[nH]1)N1CCSC(C(C)C)C1.I. The smallest absolute Gasteiger partial charge is 0.193 e. The number of para-hydroxylation sites is 2. The molecule has 26 heavy (non-hydrogen) atoms. The third kappa shape index (κ3) is 5.52. The molecule has 0 spiro atoms. The fourth-order valence-corrected chi connectivity index (χ4v) is 4.39. The van der Waals surface area contributed by atoms with Gasteiger partial charge in [0.25, 0.3) is 0 Å². The predicted molar refractivity (Wildman–Crippen MR) is 124 cm³/mol. The second kappa shape index (κ2) is 10.4. The highest BCUT2D eigenvalue weighted by Gasteiger charge is 2.24. The van der Waals surface area contributed by atoms with Crippen LogP contribution in [0.4, 0.5) is 0 Å². The zero-order valence-corrected chi connectivity index (χ0v) is 19.0. The number of thioether (sulfide) groups is 1. The Labute approximate surface area is 177 Å². The molecule has 1 aliphatic rings. The molecular formula is C19H30IN5S. The summed E-state index contributed by atoms with van der Waals surface area (Å²) in [6.07, 6.45) is 0.833. The lowest BCUT2D eigenvalue weighted by atomic mass is 10.1. The molecule has 0 saturated carbocycles. The van der Waals surface area contributed by atoms with E-state index in [0.29, 0.717) is 11.2 Å².